The first-order chi connectivity index (χ1) is 13.4. The van der Waals surface area contributed by atoms with E-state index in [2.05, 4.69) is 15.3 Å². The molecule has 4 rings (SSSR count). The molecule has 4 aromatic rings. The molecule has 0 spiro atoms. The van der Waals surface area contributed by atoms with Gasteiger partial charge in [0.25, 0.3) is 0 Å². The Balaban J connectivity index is 1.99. The van der Waals surface area contributed by atoms with E-state index in [0.29, 0.717) is 28.1 Å². The highest BCUT2D eigenvalue weighted by Gasteiger charge is 2.17. The molecule has 0 aliphatic heterocycles. The zero-order chi connectivity index (χ0) is 21.2. The first kappa shape index (κ1) is 10.2. The monoisotopic (exact) mass is 325 g/mol. The minimum absolute atomic E-state index is 0.0909. The van der Waals surface area contributed by atoms with Gasteiger partial charge in [0.1, 0.15) is 11.7 Å². The van der Waals surface area contributed by atoms with E-state index in [1.165, 1.54) is 18.5 Å². The summed E-state index contributed by atoms with van der Waals surface area (Å²) in [6.45, 7) is 2.74. The lowest BCUT2D eigenvalue weighted by molar-refractivity contribution is 0.410. The molecule has 0 radical (unpaired) electrons. The van der Waals surface area contributed by atoms with E-state index in [4.69, 9.17) is 11.3 Å². The Morgan fingerprint density at radius 3 is 2.96 bits per heavy atom. The van der Waals surface area contributed by atoms with Crippen LogP contribution in [0.3, 0.4) is 0 Å². The second-order valence-electron chi connectivity index (χ2n) is 6.73. The molecule has 0 unspecified atom stereocenters. The summed E-state index contributed by atoms with van der Waals surface area (Å²) in [5.74, 6) is 0. The van der Waals surface area contributed by atoms with Crippen LogP contribution < -0.4 is 0 Å². The lowest BCUT2D eigenvalue weighted by atomic mass is 9.86. The number of pyridine rings is 1. The smallest absolute Gasteiger partial charge is 0.243 e. The third-order valence-electron chi connectivity index (χ3n) is 3.64. The van der Waals surface area contributed by atoms with Crippen molar-refractivity contribution in [1.29, 1.82) is 0 Å². The van der Waals surface area contributed by atoms with Crippen LogP contribution in [0, 0.1) is 12.3 Å². The fourth-order valence-corrected chi connectivity index (χ4v) is 2.68. The van der Waals surface area contributed by atoms with Gasteiger partial charge in [-0.15, -0.1) is 5.10 Å². The Kier molecular flexibility index (Phi) is 2.20. The molecule has 0 amide bonds. The van der Waals surface area contributed by atoms with Gasteiger partial charge in [-0.3, -0.25) is 4.98 Å². The van der Waals surface area contributed by atoms with Gasteiger partial charge in [-0.1, -0.05) is 32.1 Å². The molecule has 0 saturated carbocycles. The van der Waals surface area contributed by atoms with E-state index in [9.17, 15) is 0 Å². The number of nitrogens with zero attached hydrogens (tertiary/aromatic N) is 4. The van der Waals surface area contributed by atoms with E-state index >= 15 is 0 Å². The topological polar surface area (TPSA) is 56.2 Å². The molecule has 0 aliphatic carbocycles. The Bertz CT molecular complexity index is 1220. The van der Waals surface area contributed by atoms with Gasteiger partial charge >= 0.3 is 0 Å². The predicted molar refractivity (Wildman–Crippen MR) is 93.9 cm³/mol. The molecular formula is C19H20N4O. The average Bonchev–Trinajstić information content (AvgIpc) is 3.20. The van der Waals surface area contributed by atoms with Crippen LogP contribution in [0.1, 0.15) is 38.8 Å². The van der Waals surface area contributed by atoms with Crippen molar-refractivity contribution >= 4 is 16.8 Å². The van der Waals surface area contributed by atoms with Crippen LogP contribution in [0.4, 0.5) is 0 Å². The fourth-order valence-electron chi connectivity index (χ4n) is 2.68. The zero-order valence-corrected chi connectivity index (χ0v) is 13.7. The van der Waals surface area contributed by atoms with Gasteiger partial charge in [0.05, 0.1) is 5.69 Å². The Morgan fingerprint density at radius 1 is 1.29 bits per heavy atom. The second kappa shape index (κ2) is 5.16. The number of hydrogen-bond acceptors (Lipinski definition) is 4. The fraction of sp³-hybridized carbons (Fsp3) is 0.316. The third kappa shape index (κ3) is 2.46. The predicted octanol–water partition coefficient (Wildman–Crippen LogP) is 4.43. The van der Waals surface area contributed by atoms with Crippen molar-refractivity contribution < 1.29 is 11.3 Å². The molecular weight excluding hydrogens is 300 g/mol. The number of fused-ring (bicyclic) bond motifs is 3. The summed E-state index contributed by atoms with van der Waals surface area (Å²) in [5.41, 5.74) is 1.92. The van der Waals surface area contributed by atoms with Gasteiger partial charge in [0.15, 0.2) is 5.58 Å². The molecule has 3 aromatic heterocycles. The van der Waals surface area contributed by atoms with Crippen molar-refractivity contribution in [2.24, 2.45) is 5.41 Å². The van der Waals surface area contributed by atoms with E-state index in [1.807, 2.05) is 12.1 Å². The van der Waals surface area contributed by atoms with Crippen LogP contribution >= 0.6 is 0 Å². The van der Waals surface area contributed by atoms with Gasteiger partial charge in [0.2, 0.25) is 5.71 Å². The van der Waals surface area contributed by atoms with E-state index in [-0.39, 0.29) is 11.1 Å². The van der Waals surface area contributed by atoms with Crippen LogP contribution in [-0.2, 0) is 6.37 Å². The van der Waals surface area contributed by atoms with Crippen molar-refractivity contribution in [3.05, 3.63) is 47.8 Å². The lowest BCUT2D eigenvalue weighted by Gasteiger charge is -2.20. The average molecular weight is 325 g/mol. The molecule has 0 aliphatic rings. The normalized spacial score (nSPS) is 16.5. The molecule has 24 heavy (non-hydrogen) atoms. The van der Waals surface area contributed by atoms with Gasteiger partial charge in [-0.25, -0.2) is 0 Å². The first-order valence-corrected chi connectivity index (χ1v) is 7.64. The number of rotatable bonds is 2. The van der Waals surface area contributed by atoms with Crippen LogP contribution in [0.15, 0.2) is 41.1 Å². The minimum atomic E-state index is -2.48. The number of oxazole rings is 1. The Morgan fingerprint density at radius 2 is 2.17 bits per heavy atom. The van der Waals surface area contributed by atoms with Gasteiger partial charge in [-0.05, 0) is 48.0 Å². The maximum atomic E-state index is 8.67. The number of aromatic nitrogens is 4. The highest BCUT2D eigenvalue weighted by molar-refractivity contribution is 5.91. The van der Waals surface area contributed by atoms with Gasteiger partial charge in [0, 0.05) is 18.6 Å². The summed E-state index contributed by atoms with van der Waals surface area (Å²) < 4.78 is 48.3. The van der Waals surface area contributed by atoms with Crippen molar-refractivity contribution in [3.8, 4) is 11.3 Å². The molecule has 0 N–H and O–H groups in total. The zero-order valence-electron chi connectivity index (χ0n) is 18.7. The highest BCUT2D eigenvalue weighted by Crippen LogP contribution is 2.31. The summed E-state index contributed by atoms with van der Waals surface area (Å²) in [7, 11) is 0. The number of aryl methyl sites for hydroxylation is 1. The third-order valence-corrected chi connectivity index (χ3v) is 3.64. The number of hydrogen-bond donors (Lipinski definition) is 0. The van der Waals surface area contributed by atoms with Crippen molar-refractivity contribution in [2.45, 2.75) is 34.0 Å². The van der Waals surface area contributed by atoms with Crippen molar-refractivity contribution in [1.82, 2.24) is 19.8 Å². The second-order valence-corrected chi connectivity index (χ2v) is 6.73. The minimum Gasteiger partial charge on any atom is -0.434 e. The van der Waals surface area contributed by atoms with Crippen LogP contribution in [-0.4, -0.2) is 19.8 Å². The van der Waals surface area contributed by atoms with Gasteiger partial charge in [-0.2, -0.15) is 4.52 Å². The maximum Gasteiger partial charge on any atom is 0.243 e. The maximum absolute atomic E-state index is 8.67. The quantitative estimate of drug-likeness (QED) is 0.547. The standard InChI is InChI=1S/C19H20N4O/c1-12-10-20-15(8-13(12)9-19(2,3)4)14-6-5-7-16-18(14)24-17-11-21-22-23(16)17/h5-8,10-11H,9H2,1-4H3/i1D3,9D2. The molecule has 0 atom stereocenters. The number of benzene rings is 1. The largest absolute Gasteiger partial charge is 0.434 e. The molecule has 3 heterocycles. The van der Waals surface area contributed by atoms with Crippen molar-refractivity contribution in [2.75, 3.05) is 0 Å². The van der Waals surface area contributed by atoms with E-state index in [1.54, 1.807) is 31.4 Å². The molecule has 0 fully saturated rings. The van der Waals surface area contributed by atoms with Crippen LogP contribution in [0.5, 0.6) is 0 Å². The summed E-state index contributed by atoms with van der Waals surface area (Å²) in [5, 5.41) is 7.81. The SMILES string of the molecule is [2H]C([2H])([2H])c1cnc(-c2cccc3c2oc2cnnn23)cc1C([2H])([2H])C(C)(C)C. The highest BCUT2D eigenvalue weighted by atomic mass is 16.3. The van der Waals surface area contributed by atoms with Gasteiger partial charge < -0.3 is 4.42 Å². The molecule has 0 saturated heterocycles. The number of para-hydroxylation sites is 1. The Labute approximate surface area is 147 Å². The molecule has 0 bridgehead atoms. The van der Waals surface area contributed by atoms with E-state index in [0.717, 1.165) is 0 Å². The molecule has 5 nitrogen and oxygen atoms in total. The molecule has 5 heteroatoms. The summed E-state index contributed by atoms with van der Waals surface area (Å²) in [6.07, 6.45) is 0.845. The lowest BCUT2D eigenvalue weighted by Crippen LogP contribution is -2.10. The summed E-state index contributed by atoms with van der Waals surface area (Å²) in [4.78, 5) is 4.34. The summed E-state index contributed by atoms with van der Waals surface area (Å²) >= 11 is 0. The molecule has 1 aromatic carbocycles. The first-order valence-electron chi connectivity index (χ1n) is 10.1. The summed E-state index contributed by atoms with van der Waals surface area (Å²) in [6, 6.07) is 6.96. The van der Waals surface area contributed by atoms with Crippen LogP contribution in [0.25, 0.3) is 28.1 Å². The van der Waals surface area contributed by atoms with E-state index < -0.39 is 18.6 Å². The van der Waals surface area contributed by atoms with Crippen LogP contribution in [0.2, 0.25) is 0 Å². The Hall–Kier alpha value is -2.69. The van der Waals surface area contributed by atoms with Crippen molar-refractivity contribution in [3.63, 3.8) is 0 Å². The molecule has 122 valence electrons.